The Hall–Kier alpha value is -1.24. The number of rotatable bonds is 4. The molecule has 15 heavy (non-hydrogen) atoms. The second kappa shape index (κ2) is 5.01. The minimum Gasteiger partial charge on any atom is -0.496 e. The Morgan fingerprint density at radius 1 is 1.27 bits per heavy atom. The van der Waals surface area contributed by atoms with Crippen LogP contribution in [0.5, 0.6) is 0 Å². The highest BCUT2D eigenvalue weighted by atomic mass is 16.5. The molecule has 1 aromatic rings. The minimum absolute atomic E-state index is 0.730. The maximum atomic E-state index is 5.30. The molecule has 0 saturated heterocycles. The summed E-state index contributed by atoms with van der Waals surface area (Å²) < 4.78 is 5.30. The summed E-state index contributed by atoms with van der Waals surface area (Å²) in [4.78, 5) is 0. The summed E-state index contributed by atoms with van der Waals surface area (Å²) in [6.45, 7) is 2.97. The number of fused-ring (bicyclic) bond motifs is 1. The highest BCUT2D eigenvalue weighted by Crippen LogP contribution is 2.23. The van der Waals surface area contributed by atoms with Gasteiger partial charge in [0.25, 0.3) is 0 Å². The number of hydrogen-bond donors (Lipinski definition) is 0. The summed E-state index contributed by atoms with van der Waals surface area (Å²) in [5, 5.41) is 0. The molecule has 0 aromatic heterocycles. The quantitative estimate of drug-likeness (QED) is 0.672. The van der Waals surface area contributed by atoms with Gasteiger partial charge in [-0.1, -0.05) is 38.0 Å². The highest BCUT2D eigenvalue weighted by molar-refractivity contribution is 5.58. The molecule has 1 nitrogen and oxygen atoms in total. The zero-order chi connectivity index (χ0) is 10.5. The fraction of sp³-hybridized carbons (Fsp3) is 0.429. The van der Waals surface area contributed by atoms with Gasteiger partial charge in [-0.15, -0.1) is 0 Å². The molecule has 0 unspecified atom stereocenters. The van der Waals surface area contributed by atoms with Gasteiger partial charge in [0.1, 0.15) is 6.61 Å². The molecule has 0 saturated carbocycles. The lowest BCUT2D eigenvalue weighted by atomic mass is 9.96. The van der Waals surface area contributed by atoms with Gasteiger partial charge in [0.2, 0.25) is 0 Å². The van der Waals surface area contributed by atoms with Crippen molar-refractivity contribution in [3.8, 4) is 0 Å². The van der Waals surface area contributed by atoms with Crippen molar-refractivity contribution in [2.45, 2.75) is 39.2 Å². The molecule has 0 aliphatic carbocycles. The highest BCUT2D eigenvalue weighted by Gasteiger charge is 2.08. The van der Waals surface area contributed by atoms with Crippen LogP contribution >= 0.6 is 0 Å². The van der Waals surface area contributed by atoms with Crippen LogP contribution in [-0.4, -0.2) is 0 Å². The van der Waals surface area contributed by atoms with Crippen LogP contribution in [0, 0.1) is 0 Å². The number of benzene rings is 1. The van der Waals surface area contributed by atoms with E-state index in [2.05, 4.69) is 31.2 Å². The van der Waals surface area contributed by atoms with Crippen LogP contribution in [0.1, 0.15) is 42.9 Å². The largest absolute Gasteiger partial charge is 0.496 e. The normalized spacial score (nSPS) is 13.4. The van der Waals surface area contributed by atoms with Gasteiger partial charge in [0.15, 0.2) is 0 Å². The lowest BCUT2D eigenvalue weighted by Gasteiger charge is -2.15. The van der Waals surface area contributed by atoms with Gasteiger partial charge < -0.3 is 4.74 Å². The van der Waals surface area contributed by atoms with Crippen LogP contribution in [0.4, 0.5) is 0 Å². The molecule has 2 rings (SSSR count). The summed E-state index contributed by atoms with van der Waals surface area (Å²) in [6.07, 6.45) is 9.01. The maximum Gasteiger partial charge on any atom is 0.113 e. The van der Waals surface area contributed by atoms with Gasteiger partial charge in [-0.3, -0.25) is 0 Å². The molecule has 0 atom stereocenters. The second-order valence-electron chi connectivity index (χ2n) is 4.06. The van der Waals surface area contributed by atoms with E-state index in [4.69, 9.17) is 4.74 Å². The van der Waals surface area contributed by atoms with Crippen LogP contribution in [0.15, 0.2) is 24.5 Å². The monoisotopic (exact) mass is 202 g/mol. The van der Waals surface area contributed by atoms with Crippen molar-refractivity contribution >= 4 is 6.08 Å². The first-order valence-electron chi connectivity index (χ1n) is 5.80. The molecule has 1 heterocycles. The summed E-state index contributed by atoms with van der Waals surface area (Å²) in [5.74, 6) is 0. The standard InChI is InChI=1S/C14H18O/c1-2-3-4-6-12-7-5-8-13-11-15-10-9-14(12)13/h5,7-10H,2-4,6,11H2,1H3. The maximum absolute atomic E-state index is 5.30. The molecule has 0 amide bonds. The van der Waals surface area contributed by atoms with Crippen molar-refractivity contribution < 1.29 is 4.74 Å². The molecule has 1 aliphatic rings. The van der Waals surface area contributed by atoms with E-state index in [1.165, 1.54) is 42.4 Å². The zero-order valence-electron chi connectivity index (χ0n) is 9.33. The molecule has 0 spiro atoms. The first-order chi connectivity index (χ1) is 7.42. The van der Waals surface area contributed by atoms with E-state index < -0.39 is 0 Å². The van der Waals surface area contributed by atoms with Crippen molar-refractivity contribution in [1.82, 2.24) is 0 Å². The van der Waals surface area contributed by atoms with E-state index >= 15 is 0 Å². The Labute approximate surface area is 91.8 Å². The number of hydrogen-bond acceptors (Lipinski definition) is 1. The van der Waals surface area contributed by atoms with Crippen molar-refractivity contribution in [3.05, 3.63) is 41.2 Å². The predicted molar refractivity (Wildman–Crippen MR) is 63.5 cm³/mol. The lowest BCUT2D eigenvalue weighted by molar-refractivity contribution is 0.234. The first-order valence-corrected chi connectivity index (χ1v) is 5.80. The van der Waals surface area contributed by atoms with Gasteiger partial charge in [0, 0.05) is 0 Å². The second-order valence-corrected chi connectivity index (χ2v) is 4.06. The van der Waals surface area contributed by atoms with Crippen molar-refractivity contribution in [1.29, 1.82) is 0 Å². The van der Waals surface area contributed by atoms with E-state index in [1.807, 2.05) is 6.26 Å². The average molecular weight is 202 g/mol. The van der Waals surface area contributed by atoms with Crippen LogP contribution in [0.2, 0.25) is 0 Å². The minimum atomic E-state index is 0.730. The molecular formula is C14H18O. The molecule has 0 radical (unpaired) electrons. The van der Waals surface area contributed by atoms with Gasteiger partial charge >= 0.3 is 0 Å². The van der Waals surface area contributed by atoms with Crippen molar-refractivity contribution in [2.75, 3.05) is 0 Å². The van der Waals surface area contributed by atoms with E-state index in [0.717, 1.165) is 6.61 Å². The van der Waals surface area contributed by atoms with Crippen LogP contribution < -0.4 is 0 Å². The first kappa shape index (κ1) is 10.3. The molecule has 0 N–H and O–H groups in total. The Morgan fingerprint density at radius 2 is 2.20 bits per heavy atom. The summed E-state index contributed by atoms with van der Waals surface area (Å²) in [6, 6.07) is 6.54. The van der Waals surface area contributed by atoms with Gasteiger partial charge in [0.05, 0.1) is 6.26 Å². The van der Waals surface area contributed by atoms with Gasteiger partial charge in [-0.2, -0.15) is 0 Å². The van der Waals surface area contributed by atoms with E-state index in [-0.39, 0.29) is 0 Å². The zero-order valence-corrected chi connectivity index (χ0v) is 9.33. The smallest absolute Gasteiger partial charge is 0.113 e. The topological polar surface area (TPSA) is 9.23 Å². The van der Waals surface area contributed by atoms with Crippen LogP contribution in [-0.2, 0) is 17.8 Å². The van der Waals surface area contributed by atoms with Crippen molar-refractivity contribution in [2.24, 2.45) is 0 Å². The predicted octanol–water partition coefficient (Wildman–Crippen LogP) is 3.92. The number of unbranched alkanes of at least 4 members (excludes halogenated alkanes) is 2. The summed E-state index contributed by atoms with van der Waals surface area (Å²) in [7, 11) is 0. The molecular weight excluding hydrogens is 184 g/mol. The number of ether oxygens (including phenoxy) is 1. The van der Waals surface area contributed by atoms with E-state index in [1.54, 1.807) is 0 Å². The Balaban J connectivity index is 2.14. The third kappa shape index (κ3) is 2.41. The third-order valence-corrected chi connectivity index (χ3v) is 2.91. The molecule has 0 bridgehead atoms. The number of aryl methyl sites for hydroxylation is 1. The Bertz CT molecular complexity index is 352. The summed E-state index contributed by atoms with van der Waals surface area (Å²) in [5.41, 5.74) is 4.19. The van der Waals surface area contributed by atoms with E-state index in [0.29, 0.717) is 0 Å². The Morgan fingerprint density at radius 3 is 3.07 bits per heavy atom. The molecule has 1 aromatic carbocycles. The van der Waals surface area contributed by atoms with Crippen LogP contribution in [0.25, 0.3) is 6.08 Å². The molecule has 1 heteroatoms. The van der Waals surface area contributed by atoms with Crippen LogP contribution in [0.3, 0.4) is 0 Å². The molecule has 80 valence electrons. The fourth-order valence-corrected chi connectivity index (χ4v) is 2.04. The SMILES string of the molecule is CCCCCc1cccc2c1C=COC2. The van der Waals surface area contributed by atoms with E-state index in [9.17, 15) is 0 Å². The third-order valence-electron chi connectivity index (χ3n) is 2.91. The fourth-order valence-electron chi connectivity index (χ4n) is 2.04. The molecule has 1 aliphatic heterocycles. The van der Waals surface area contributed by atoms with Gasteiger partial charge in [-0.25, -0.2) is 0 Å². The summed E-state index contributed by atoms with van der Waals surface area (Å²) >= 11 is 0. The van der Waals surface area contributed by atoms with Crippen molar-refractivity contribution in [3.63, 3.8) is 0 Å². The lowest BCUT2D eigenvalue weighted by Crippen LogP contribution is -2.00. The average Bonchev–Trinajstić information content (AvgIpc) is 2.30. The molecule has 0 fully saturated rings. The van der Waals surface area contributed by atoms with Gasteiger partial charge in [-0.05, 0) is 35.6 Å². The Kier molecular flexibility index (Phi) is 3.44.